The highest BCUT2D eigenvalue weighted by molar-refractivity contribution is 5.13. The van der Waals surface area contributed by atoms with Gasteiger partial charge in [-0.1, -0.05) is 44.2 Å². The van der Waals surface area contributed by atoms with Gasteiger partial charge in [0.1, 0.15) is 0 Å². The second kappa shape index (κ2) is 9.15. The molecule has 0 heterocycles. The zero-order valence-electron chi connectivity index (χ0n) is 13.4. The molecule has 0 aliphatic carbocycles. The molecular weight excluding hydrogens is 268 g/mol. The molecule has 0 aromatic heterocycles. The first-order chi connectivity index (χ1) is 9.97. The van der Waals surface area contributed by atoms with Gasteiger partial charge in [-0.25, -0.2) is 0 Å². The van der Waals surface area contributed by atoms with Crippen LogP contribution < -0.4 is 0 Å². The largest absolute Gasteiger partial charge is 0.391 e. The van der Waals surface area contributed by atoms with E-state index in [0.29, 0.717) is 13.2 Å². The fourth-order valence-electron chi connectivity index (χ4n) is 2.63. The summed E-state index contributed by atoms with van der Waals surface area (Å²) in [6.07, 6.45) is -1.73. The quantitative estimate of drug-likeness (QED) is 0.733. The fraction of sp³-hybridized carbons (Fsp3) is 0.647. The molecule has 120 valence electrons. The van der Waals surface area contributed by atoms with Crippen LogP contribution in [-0.4, -0.2) is 42.2 Å². The molecular formula is C17H28O4. The van der Waals surface area contributed by atoms with Crippen LogP contribution in [0.5, 0.6) is 0 Å². The highest BCUT2D eigenvalue weighted by Crippen LogP contribution is 2.22. The lowest BCUT2D eigenvalue weighted by Crippen LogP contribution is -2.41. The van der Waals surface area contributed by atoms with Crippen LogP contribution in [-0.2, 0) is 16.1 Å². The molecule has 4 nitrogen and oxygen atoms in total. The van der Waals surface area contributed by atoms with E-state index < -0.39 is 12.2 Å². The molecule has 1 aromatic carbocycles. The summed E-state index contributed by atoms with van der Waals surface area (Å²) in [6, 6.07) is 10.0. The zero-order valence-corrected chi connectivity index (χ0v) is 13.4. The Kier molecular flexibility index (Phi) is 7.89. The van der Waals surface area contributed by atoms with Crippen LogP contribution in [0.3, 0.4) is 0 Å². The summed E-state index contributed by atoms with van der Waals surface area (Å²) in [5.41, 5.74) is 1.13. The summed E-state index contributed by atoms with van der Waals surface area (Å²) in [5, 5.41) is 19.5. The molecule has 0 aliphatic heterocycles. The normalized spacial score (nSPS) is 18.8. The van der Waals surface area contributed by atoms with Gasteiger partial charge in [0.05, 0.1) is 31.5 Å². The molecule has 1 unspecified atom stereocenters. The van der Waals surface area contributed by atoms with E-state index in [1.165, 1.54) is 0 Å². The van der Waals surface area contributed by atoms with E-state index in [1.807, 2.05) is 44.2 Å². The van der Waals surface area contributed by atoms with Crippen molar-refractivity contribution in [2.24, 2.45) is 11.8 Å². The van der Waals surface area contributed by atoms with Gasteiger partial charge < -0.3 is 19.7 Å². The Balaban J connectivity index is 2.45. The molecule has 0 bridgehead atoms. The number of hydrogen-bond donors (Lipinski definition) is 2. The smallest absolute Gasteiger partial charge is 0.0846 e. The fourth-order valence-corrected chi connectivity index (χ4v) is 2.63. The lowest BCUT2D eigenvalue weighted by atomic mass is 9.87. The van der Waals surface area contributed by atoms with Crippen molar-refractivity contribution in [1.29, 1.82) is 0 Å². The molecule has 2 N–H and O–H groups in total. The minimum atomic E-state index is -0.800. The Morgan fingerprint density at radius 3 is 2.19 bits per heavy atom. The number of benzene rings is 1. The topological polar surface area (TPSA) is 58.9 Å². The maximum absolute atomic E-state index is 9.98. The molecule has 0 spiro atoms. The molecule has 21 heavy (non-hydrogen) atoms. The summed E-state index contributed by atoms with van der Waals surface area (Å²) in [4.78, 5) is 0. The Morgan fingerprint density at radius 2 is 1.67 bits per heavy atom. The van der Waals surface area contributed by atoms with Gasteiger partial charge in [0.15, 0.2) is 0 Å². The molecule has 1 rings (SSSR count). The second-order valence-electron chi connectivity index (χ2n) is 5.77. The van der Waals surface area contributed by atoms with Gasteiger partial charge in [0.2, 0.25) is 0 Å². The first-order valence-electron chi connectivity index (χ1n) is 7.48. The van der Waals surface area contributed by atoms with Gasteiger partial charge >= 0.3 is 0 Å². The predicted octanol–water partition coefficient (Wildman–Crippen LogP) is 2.23. The molecule has 0 saturated carbocycles. The van der Waals surface area contributed by atoms with Gasteiger partial charge in [0, 0.05) is 18.9 Å². The minimum Gasteiger partial charge on any atom is -0.391 e. The van der Waals surface area contributed by atoms with Crippen LogP contribution >= 0.6 is 0 Å². The van der Waals surface area contributed by atoms with Gasteiger partial charge in [-0.05, 0) is 12.5 Å². The Bertz CT molecular complexity index is 380. The molecule has 0 fully saturated rings. The van der Waals surface area contributed by atoms with Crippen LogP contribution in [0.4, 0.5) is 0 Å². The highest BCUT2D eigenvalue weighted by atomic mass is 16.5. The third-order valence-corrected chi connectivity index (χ3v) is 3.88. The third kappa shape index (κ3) is 5.75. The zero-order chi connectivity index (χ0) is 15.8. The Labute approximate surface area is 127 Å². The number of hydrogen-bond acceptors (Lipinski definition) is 4. The van der Waals surface area contributed by atoms with E-state index in [1.54, 1.807) is 14.0 Å². The van der Waals surface area contributed by atoms with E-state index in [-0.39, 0.29) is 17.9 Å². The Morgan fingerprint density at radius 1 is 1.05 bits per heavy atom. The van der Waals surface area contributed by atoms with E-state index in [4.69, 9.17) is 9.47 Å². The van der Waals surface area contributed by atoms with Crippen molar-refractivity contribution in [2.75, 3.05) is 13.7 Å². The maximum Gasteiger partial charge on any atom is 0.0846 e. The van der Waals surface area contributed by atoms with Crippen LogP contribution in [0.25, 0.3) is 0 Å². The van der Waals surface area contributed by atoms with Crippen molar-refractivity contribution >= 4 is 0 Å². The molecule has 0 aliphatic rings. The highest BCUT2D eigenvalue weighted by Gasteiger charge is 2.31. The third-order valence-electron chi connectivity index (χ3n) is 3.88. The standard InChI is InChI=1S/C17H28O4/c1-12(10-21-11-15-8-6-5-7-9-15)17(20-4)13(2)16(19)14(3)18/h5-9,12-14,16-19H,10-11H2,1-4H3/t12-,13+,14+,16?,17-/m1/s1. The number of ether oxygens (including phenoxy) is 2. The second-order valence-corrected chi connectivity index (χ2v) is 5.77. The lowest BCUT2D eigenvalue weighted by Gasteiger charge is -2.32. The first-order valence-corrected chi connectivity index (χ1v) is 7.48. The summed E-state index contributed by atoms with van der Waals surface area (Å²) >= 11 is 0. The number of aliphatic hydroxyl groups excluding tert-OH is 2. The van der Waals surface area contributed by atoms with Gasteiger partial charge in [-0.15, -0.1) is 0 Å². The SMILES string of the molecule is CO[C@H]([C@H](C)COCc1ccccc1)[C@@H](C)C(O)[C@H](C)O. The molecule has 4 heteroatoms. The maximum atomic E-state index is 9.98. The monoisotopic (exact) mass is 296 g/mol. The number of aliphatic hydroxyl groups is 2. The van der Waals surface area contributed by atoms with E-state index in [0.717, 1.165) is 5.56 Å². The van der Waals surface area contributed by atoms with E-state index in [9.17, 15) is 10.2 Å². The van der Waals surface area contributed by atoms with E-state index >= 15 is 0 Å². The van der Waals surface area contributed by atoms with Crippen LogP contribution in [0, 0.1) is 11.8 Å². The van der Waals surface area contributed by atoms with Crippen molar-refractivity contribution < 1.29 is 19.7 Å². The van der Waals surface area contributed by atoms with Crippen molar-refractivity contribution in [2.45, 2.75) is 45.7 Å². The molecule has 0 radical (unpaired) electrons. The molecule has 0 amide bonds. The Hall–Kier alpha value is -0.940. The summed E-state index contributed by atoms with van der Waals surface area (Å²) < 4.78 is 11.2. The minimum absolute atomic E-state index is 0.127. The first kappa shape index (κ1) is 18.1. The van der Waals surface area contributed by atoms with E-state index in [2.05, 4.69) is 0 Å². The summed E-state index contributed by atoms with van der Waals surface area (Å²) in [6.45, 7) is 6.62. The van der Waals surface area contributed by atoms with Crippen LogP contribution in [0.2, 0.25) is 0 Å². The average molecular weight is 296 g/mol. The number of rotatable bonds is 9. The van der Waals surface area contributed by atoms with Crippen molar-refractivity contribution in [3.63, 3.8) is 0 Å². The number of methoxy groups -OCH3 is 1. The molecule has 5 atom stereocenters. The van der Waals surface area contributed by atoms with Crippen molar-refractivity contribution in [3.05, 3.63) is 35.9 Å². The molecule has 0 saturated heterocycles. The van der Waals surface area contributed by atoms with Crippen LogP contribution in [0.1, 0.15) is 26.3 Å². The van der Waals surface area contributed by atoms with Gasteiger partial charge in [-0.3, -0.25) is 0 Å². The molecule has 1 aromatic rings. The summed E-state index contributed by atoms with van der Waals surface area (Å²) in [5.74, 6) is -0.0348. The summed E-state index contributed by atoms with van der Waals surface area (Å²) in [7, 11) is 1.63. The van der Waals surface area contributed by atoms with Crippen LogP contribution in [0.15, 0.2) is 30.3 Å². The van der Waals surface area contributed by atoms with Gasteiger partial charge in [0.25, 0.3) is 0 Å². The lowest BCUT2D eigenvalue weighted by molar-refractivity contribution is -0.0855. The van der Waals surface area contributed by atoms with Crippen molar-refractivity contribution in [3.8, 4) is 0 Å². The average Bonchev–Trinajstić information content (AvgIpc) is 2.48. The van der Waals surface area contributed by atoms with Gasteiger partial charge in [-0.2, -0.15) is 0 Å². The van der Waals surface area contributed by atoms with Crippen molar-refractivity contribution in [1.82, 2.24) is 0 Å². The predicted molar refractivity (Wildman–Crippen MR) is 82.9 cm³/mol.